The van der Waals surface area contributed by atoms with Gasteiger partial charge in [0.15, 0.2) is 11.6 Å². The first-order chi connectivity index (χ1) is 14.9. The van der Waals surface area contributed by atoms with Crippen molar-refractivity contribution in [2.45, 2.75) is 11.1 Å². The molecule has 0 radical (unpaired) electrons. The summed E-state index contributed by atoms with van der Waals surface area (Å²) in [5, 5.41) is -0.640. The van der Waals surface area contributed by atoms with Crippen LogP contribution in [0.2, 0.25) is 10.0 Å². The van der Waals surface area contributed by atoms with Crippen molar-refractivity contribution in [3.05, 3.63) is 70.1 Å². The van der Waals surface area contributed by atoms with E-state index in [0.29, 0.717) is 6.07 Å². The van der Waals surface area contributed by atoms with Crippen molar-refractivity contribution in [3.63, 3.8) is 0 Å². The molecule has 3 rings (SSSR count). The Labute approximate surface area is 189 Å². The molecule has 2 N–H and O–H groups in total. The molecule has 170 valence electrons. The zero-order valence-corrected chi connectivity index (χ0v) is 18.2. The van der Waals surface area contributed by atoms with E-state index in [9.17, 15) is 26.0 Å². The van der Waals surface area contributed by atoms with E-state index >= 15 is 0 Å². The Kier molecular flexibility index (Phi) is 6.72. The third kappa shape index (κ3) is 5.17. The number of ether oxygens (including phenoxy) is 2. The lowest BCUT2D eigenvalue weighted by atomic mass is 10.2. The molecule has 1 unspecified atom stereocenters. The summed E-state index contributed by atoms with van der Waals surface area (Å²) in [6.07, 6.45) is -3.73. The van der Waals surface area contributed by atoms with Crippen molar-refractivity contribution in [1.29, 1.82) is 0 Å². The molecule has 0 bridgehead atoms. The molecule has 32 heavy (non-hydrogen) atoms. The third-order valence-corrected chi connectivity index (χ3v) is 5.90. The summed E-state index contributed by atoms with van der Waals surface area (Å²) in [6, 6.07) is 7.23. The second-order valence-electron chi connectivity index (χ2n) is 6.15. The van der Waals surface area contributed by atoms with Crippen LogP contribution in [0.3, 0.4) is 0 Å². The van der Waals surface area contributed by atoms with Gasteiger partial charge in [0.25, 0.3) is 0 Å². The van der Waals surface area contributed by atoms with E-state index in [0.717, 1.165) is 30.5 Å². The first-order valence-corrected chi connectivity index (χ1v) is 10.8. The number of para-hydroxylation sites is 1. The van der Waals surface area contributed by atoms with E-state index in [1.807, 2.05) is 0 Å². The average Bonchev–Trinajstić information content (AvgIpc) is 2.70. The van der Waals surface area contributed by atoms with Crippen molar-refractivity contribution < 1.29 is 35.5 Å². The zero-order chi connectivity index (χ0) is 23.7. The highest BCUT2D eigenvalue weighted by molar-refractivity contribution is 7.92. The lowest BCUT2D eigenvalue weighted by molar-refractivity contribution is -0.137. The maximum atomic E-state index is 14.2. The lowest BCUT2D eigenvalue weighted by Crippen LogP contribution is -2.15. The number of rotatable bonds is 6. The van der Waals surface area contributed by atoms with Crippen LogP contribution in [0.1, 0.15) is 5.56 Å². The Morgan fingerprint density at radius 3 is 2.53 bits per heavy atom. The van der Waals surface area contributed by atoms with Crippen LogP contribution in [0, 0.1) is 5.82 Å². The van der Waals surface area contributed by atoms with Crippen LogP contribution in [0.15, 0.2) is 53.6 Å². The fraction of sp³-hybridized carbons (Fsp3) is 0.105. The maximum absolute atomic E-state index is 14.2. The van der Waals surface area contributed by atoms with Gasteiger partial charge in [0.1, 0.15) is 10.6 Å². The molecular weight excluding hydrogens is 499 g/mol. The van der Waals surface area contributed by atoms with Crippen molar-refractivity contribution >= 4 is 38.9 Å². The summed E-state index contributed by atoms with van der Waals surface area (Å²) in [7, 11) is -3.06. The number of alkyl halides is 3. The van der Waals surface area contributed by atoms with Gasteiger partial charge in [-0.15, -0.1) is 0 Å². The number of anilines is 1. The van der Waals surface area contributed by atoms with E-state index in [1.165, 1.54) is 19.2 Å². The maximum Gasteiger partial charge on any atom is 0.417 e. The van der Waals surface area contributed by atoms with Crippen LogP contribution in [0.4, 0.5) is 23.2 Å². The van der Waals surface area contributed by atoms with Crippen molar-refractivity contribution in [3.8, 4) is 17.4 Å². The number of methoxy groups -OCH3 is 1. The van der Waals surface area contributed by atoms with Gasteiger partial charge in [-0.25, -0.2) is 18.3 Å². The monoisotopic (exact) mass is 511 g/mol. The summed E-state index contributed by atoms with van der Waals surface area (Å²) in [6.45, 7) is 0. The molecule has 0 aliphatic rings. The SMILES string of the molecule is COc1cccc(F)c1Oc1ncc(Cl)cc1NS(=O)(=[OH+])c1ccc(Cl)c(C(F)(F)F)c1. The summed E-state index contributed by atoms with van der Waals surface area (Å²) < 4.78 is 89.5. The lowest BCUT2D eigenvalue weighted by Gasteiger charge is -2.14. The van der Waals surface area contributed by atoms with Gasteiger partial charge in [0.05, 0.1) is 22.7 Å². The Morgan fingerprint density at radius 1 is 1.16 bits per heavy atom. The van der Waals surface area contributed by atoms with E-state index in [2.05, 4.69) is 9.71 Å². The number of hydrogen-bond acceptors (Lipinski definition) is 4. The molecule has 1 heterocycles. The predicted molar refractivity (Wildman–Crippen MR) is 111 cm³/mol. The molecule has 0 saturated carbocycles. The molecule has 13 heteroatoms. The van der Waals surface area contributed by atoms with Crippen LogP contribution in [-0.4, -0.2) is 20.5 Å². The van der Waals surface area contributed by atoms with Crippen molar-refractivity contribution in [2.75, 3.05) is 11.8 Å². The third-order valence-electron chi connectivity index (χ3n) is 3.98. The van der Waals surface area contributed by atoms with Gasteiger partial charge >= 0.3 is 16.2 Å². The second-order valence-corrected chi connectivity index (χ2v) is 8.72. The Hall–Kier alpha value is -2.76. The first-order valence-electron chi connectivity index (χ1n) is 8.49. The van der Waals surface area contributed by atoms with Gasteiger partial charge in [0.2, 0.25) is 11.6 Å². The number of hydrogen-bond donors (Lipinski definition) is 1. The van der Waals surface area contributed by atoms with E-state index in [1.54, 1.807) is 0 Å². The number of pyridine rings is 1. The summed E-state index contributed by atoms with van der Waals surface area (Å²) in [4.78, 5) is 3.24. The molecule has 1 atom stereocenters. The highest BCUT2D eigenvalue weighted by Gasteiger charge is 2.35. The van der Waals surface area contributed by atoms with E-state index in [4.69, 9.17) is 32.7 Å². The molecule has 3 aromatic rings. The van der Waals surface area contributed by atoms with Crippen molar-refractivity contribution in [2.24, 2.45) is 0 Å². The molecule has 0 aliphatic heterocycles. The van der Waals surface area contributed by atoms with Crippen LogP contribution in [0.25, 0.3) is 0 Å². The van der Waals surface area contributed by atoms with Crippen molar-refractivity contribution in [1.82, 2.24) is 4.98 Å². The van der Waals surface area contributed by atoms with Crippen LogP contribution >= 0.6 is 23.2 Å². The minimum absolute atomic E-state index is 0.00244. The van der Waals surface area contributed by atoms with Gasteiger partial charge in [0, 0.05) is 6.20 Å². The smallest absolute Gasteiger partial charge is 0.417 e. The number of benzene rings is 2. The van der Waals surface area contributed by atoms with Crippen LogP contribution in [0.5, 0.6) is 17.4 Å². The summed E-state index contributed by atoms with van der Waals surface area (Å²) in [5.41, 5.74) is -1.59. The molecule has 6 nitrogen and oxygen atoms in total. The molecule has 0 spiro atoms. The van der Waals surface area contributed by atoms with Gasteiger partial charge in [-0.2, -0.15) is 17.4 Å². The van der Waals surface area contributed by atoms with Gasteiger partial charge in [-0.1, -0.05) is 29.3 Å². The summed E-state index contributed by atoms with van der Waals surface area (Å²) in [5.74, 6) is -1.57. The highest BCUT2D eigenvalue weighted by atomic mass is 35.5. The molecule has 1 aromatic heterocycles. The average molecular weight is 512 g/mol. The number of nitrogens with one attached hydrogen (secondary N) is 1. The molecular formula is C19H13Cl2F4N2O4S+. The predicted octanol–water partition coefficient (Wildman–Crippen LogP) is 6.31. The standard InChI is InChI=1S/C19H12Cl2F4N2O4S/c1-30-16-4-2-3-14(22)17(16)31-18-15(7-10(20)9-26-18)27-32(28,29)11-5-6-13(21)12(8-11)19(23,24)25/h2-9H,1H3,(H,27,28,29)/p+1. The number of nitrogens with zero attached hydrogens (tertiary/aromatic N) is 1. The van der Waals surface area contributed by atoms with E-state index < -0.39 is 37.5 Å². The fourth-order valence-corrected chi connectivity index (χ4v) is 4.00. The Balaban J connectivity index is 2.03. The quantitative estimate of drug-likeness (QED) is 0.310. The Morgan fingerprint density at radius 2 is 1.88 bits per heavy atom. The largest absolute Gasteiger partial charge is 0.493 e. The molecule has 0 saturated heterocycles. The second kappa shape index (κ2) is 9.00. The molecule has 0 fully saturated rings. The van der Waals surface area contributed by atoms with E-state index in [-0.39, 0.29) is 28.1 Å². The van der Waals surface area contributed by atoms with Crippen LogP contribution in [-0.2, 0) is 16.2 Å². The van der Waals surface area contributed by atoms with Gasteiger partial charge in [-0.05, 0) is 36.4 Å². The molecule has 2 aromatic carbocycles. The molecule has 0 amide bonds. The van der Waals surface area contributed by atoms with Gasteiger partial charge in [-0.3, -0.25) is 0 Å². The Bertz CT molecular complexity index is 1270. The number of halogens is 6. The fourth-order valence-electron chi connectivity index (χ4n) is 2.53. The minimum Gasteiger partial charge on any atom is -0.493 e. The molecule has 0 aliphatic carbocycles. The number of aromatic nitrogens is 1. The highest BCUT2D eigenvalue weighted by Crippen LogP contribution is 2.39. The van der Waals surface area contributed by atoms with Crippen LogP contribution < -0.4 is 14.2 Å². The zero-order valence-electron chi connectivity index (χ0n) is 15.9. The normalized spacial score (nSPS) is 13.3. The summed E-state index contributed by atoms with van der Waals surface area (Å²) >= 11 is 11.5. The van der Waals surface area contributed by atoms with Gasteiger partial charge < -0.3 is 9.47 Å². The first kappa shape index (κ1) is 23.9. The topological polar surface area (TPSA) is 81.8 Å². The minimum atomic E-state index is -4.85.